The lowest BCUT2D eigenvalue weighted by molar-refractivity contribution is -0.310. The predicted octanol–water partition coefficient (Wildman–Crippen LogP) is 8.83. The van der Waals surface area contributed by atoms with Gasteiger partial charge in [-0.15, -0.1) is 5.10 Å². The van der Waals surface area contributed by atoms with Gasteiger partial charge in [-0.3, -0.25) is 5.10 Å². The highest BCUT2D eigenvalue weighted by molar-refractivity contribution is 5.37. The maximum atomic E-state index is 15.1. The van der Waals surface area contributed by atoms with Crippen molar-refractivity contribution in [2.75, 3.05) is 6.61 Å². The van der Waals surface area contributed by atoms with Gasteiger partial charge in [-0.25, -0.2) is 4.39 Å². The summed E-state index contributed by atoms with van der Waals surface area (Å²) in [6, 6.07) is 45.2. The zero-order valence-electron chi connectivity index (χ0n) is 31.2. The molecule has 1 N–H and O–H groups in total. The van der Waals surface area contributed by atoms with Crippen molar-refractivity contribution in [3.63, 3.8) is 0 Å². The van der Waals surface area contributed by atoms with Gasteiger partial charge in [0.1, 0.15) is 30.2 Å². The molecule has 0 spiro atoms. The van der Waals surface area contributed by atoms with Gasteiger partial charge in [0.15, 0.2) is 0 Å². The molecule has 284 valence electrons. The fourth-order valence-electron chi connectivity index (χ4n) is 6.67. The minimum atomic E-state index is -1.00. The van der Waals surface area contributed by atoms with Crippen LogP contribution in [0, 0.1) is 19.7 Å². The lowest BCUT2D eigenvalue weighted by Gasteiger charge is -2.45. The van der Waals surface area contributed by atoms with Crippen LogP contribution in [0.2, 0.25) is 0 Å². The molecule has 0 radical (unpaired) electrons. The quantitative estimate of drug-likeness (QED) is 0.100. The van der Waals surface area contributed by atoms with Crippen LogP contribution in [-0.2, 0) is 56.5 Å². The van der Waals surface area contributed by atoms with Crippen LogP contribution in [0.4, 0.5) is 4.39 Å². The van der Waals surface area contributed by atoms with E-state index in [1.807, 2.05) is 141 Å². The minimum Gasteiger partial charge on any atom is -0.443 e. The van der Waals surface area contributed by atoms with Crippen molar-refractivity contribution in [1.82, 2.24) is 10.2 Å². The Hall–Kier alpha value is -5.16. The number of hydrogen-bond acceptors (Lipinski definition) is 7. The number of ether oxygens (including phenoxy) is 6. The van der Waals surface area contributed by atoms with Crippen molar-refractivity contribution in [2.45, 2.75) is 77.4 Å². The van der Waals surface area contributed by atoms with E-state index in [0.29, 0.717) is 36.8 Å². The number of aryl methyl sites for hydroxylation is 2. The third-order valence-corrected chi connectivity index (χ3v) is 9.68. The summed E-state index contributed by atoms with van der Waals surface area (Å²) in [5, 5.41) is 7.58. The first-order valence-electron chi connectivity index (χ1n) is 18.7. The third-order valence-electron chi connectivity index (χ3n) is 9.68. The number of nitrogens with zero attached hydrogens (tertiary/aromatic N) is 1. The van der Waals surface area contributed by atoms with Gasteiger partial charge >= 0.3 is 0 Å². The van der Waals surface area contributed by atoms with E-state index in [9.17, 15) is 0 Å². The second-order valence-electron chi connectivity index (χ2n) is 13.8. The highest BCUT2D eigenvalue weighted by Crippen LogP contribution is 2.34. The molecule has 0 amide bonds. The summed E-state index contributed by atoms with van der Waals surface area (Å²) < 4.78 is 55.4. The average Bonchev–Trinajstić information content (AvgIpc) is 3.56. The standard InChI is InChI=1S/C46H47FN2O6/c1-32-23-24-38(40(47)25-32)26-39-33(2)48-49-45(39)55-46-44(53-30-37-21-13-6-14-22-37)43(52-29-36-19-11-5-12-20-36)42(51-28-35-17-9-4-10-18-35)41(54-46)31-50-27-34-15-7-3-8-16-34/h3-25,41-44,46H,26-31H2,1-2H3,(H,48,49)/t41-,42-,43?,44-,46?/m1/s1. The number of nitrogens with one attached hydrogen (secondary N) is 1. The number of rotatable bonds is 17. The first-order chi connectivity index (χ1) is 27.0. The number of aromatic nitrogens is 2. The number of H-pyrrole nitrogens is 1. The molecule has 1 fully saturated rings. The lowest BCUT2D eigenvalue weighted by atomic mass is 9.97. The Morgan fingerprint density at radius 1 is 0.618 bits per heavy atom. The van der Waals surface area contributed by atoms with E-state index in [-0.39, 0.29) is 25.5 Å². The third kappa shape index (κ3) is 10.3. The summed E-state index contributed by atoms with van der Waals surface area (Å²) in [7, 11) is 0. The van der Waals surface area contributed by atoms with Gasteiger partial charge in [-0.1, -0.05) is 133 Å². The Labute approximate surface area is 322 Å². The fourth-order valence-corrected chi connectivity index (χ4v) is 6.67. The SMILES string of the molecule is Cc1ccc(Cc2c(OC3O[C@H](COCc4ccccc4)[C@@H](OCc4ccccc4)C(OCc4ccccc4)[C@H]3OCc3ccccc3)n[nH]c2C)c(F)c1. The maximum Gasteiger partial charge on any atom is 0.238 e. The van der Waals surface area contributed by atoms with Crippen LogP contribution in [0.3, 0.4) is 0 Å². The number of benzene rings is 5. The summed E-state index contributed by atoms with van der Waals surface area (Å²) in [4.78, 5) is 0. The highest BCUT2D eigenvalue weighted by atomic mass is 19.1. The molecule has 2 heterocycles. The van der Waals surface area contributed by atoms with E-state index >= 15 is 4.39 Å². The summed E-state index contributed by atoms with van der Waals surface area (Å²) in [6.45, 7) is 5.21. The molecule has 8 nitrogen and oxygen atoms in total. The fraction of sp³-hybridized carbons (Fsp3) is 0.283. The van der Waals surface area contributed by atoms with E-state index < -0.39 is 30.7 Å². The van der Waals surface area contributed by atoms with Crippen LogP contribution < -0.4 is 4.74 Å². The molecule has 0 saturated carbocycles. The molecule has 1 saturated heterocycles. The van der Waals surface area contributed by atoms with E-state index in [1.165, 1.54) is 6.07 Å². The van der Waals surface area contributed by atoms with Gasteiger partial charge in [0.05, 0.1) is 33.0 Å². The van der Waals surface area contributed by atoms with Crippen molar-refractivity contribution in [1.29, 1.82) is 0 Å². The maximum absolute atomic E-state index is 15.1. The molecule has 0 aliphatic carbocycles. The largest absolute Gasteiger partial charge is 0.443 e. The lowest BCUT2D eigenvalue weighted by Crippen LogP contribution is -2.62. The van der Waals surface area contributed by atoms with Crippen molar-refractivity contribution in [3.8, 4) is 5.88 Å². The van der Waals surface area contributed by atoms with Crippen molar-refractivity contribution < 1.29 is 32.8 Å². The first kappa shape index (κ1) is 38.1. The minimum absolute atomic E-state index is 0.186. The van der Waals surface area contributed by atoms with Crippen LogP contribution in [0.5, 0.6) is 5.88 Å². The molecular formula is C46H47FN2O6. The Bertz CT molecular complexity index is 2050. The molecule has 5 atom stereocenters. The Morgan fingerprint density at radius 2 is 1.13 bits per heavy atom. The van der Waals surface area contributed by atoms with Crippen LogP contribution >= 0.6 is 0 Å². The molecule has 7 rings (SSSR count). The smallest absolute Gasteiger partial charge is 0.238 e. The van der Waals surface area contributed by atoms with Gasteiger partial charge in [0.25, 0.3) is 0 Å². The topological polar surface area (TPSA) is 84.1 Å². The van der Waals surface area contributed by atoms with Crippen molar-refractivity contribution in [3.05, 3.63) is 190 Å². The van der Waals surface area contributed by atoms with Crippen molar-refractivity contribution in [2.24, 2.45) is 0 Å². The number of aromatic amines is 1. The van der Waals surface area contributed by atoms with E-state index in [1.54, 1.807) is 6.07 Å². The highest BCUT2D eigenvalue weighted by Gasteiger charge is 2.50. The van der Waals surface area contributed by atoms with Crippen LogP contribution in [0.15, 0.2) is 140 Å². The molecule has 6 aromatic rings. The first-order valence-corrected chi connectivity index (χ1v) is 18.7. The molecule has 5 aromatic carbocycles. The monoisotopic (exact) mass is 742 g/mol. The van der Waals surface area contributed by atoms with Crippen LogP contribution in [0.25, 0.3) is 0 Å². The van der Waals surface area contributed by atoms with Crippen LogP contribution in [0.1, 0.15) is 44.6 Å². The second-order valence-corrected chi connectivity index (χ2v) is 13.8. The zero-order chi connectivity index (χ0) is 37.8. The zero-order valence-corrected chi connectivity index (χ0v) is 31.2. The Balaban J connectivity index is 1.23. The van der Waals surface area contributed by atoms with E-state index in [4.69, 9.17) is 28.4 Å². The van der Waals surface area contributed by atoms with E-state index in [2.05, 4.69) is 10.2 Å². The molecule has 1 aliphatic rings. The number of hydrogen-bond donors (Lipinski definition) is 1. The van der Waals surface area contributed by atoms with Gasteiger partial charge in [0.2, 0.25) is 12.2 Å². The summed E-state index contributed by atoms with van der Waals surface area (Å²) in [5.74, 6) is 0.0122. The molecular weight excluding hydrogens is 696 g/mol. The average molecular weight is 743 g/mol. The van der Waals surface area contributed by atoms with Gasteiger partial charge in [0, 0.05) is 17.7 Å². The summed E-state index contributed by atoms with van der Waals surface area (Å²) >= 11 is 0. The molecule has 55 heavy (non-hydrogen) atoms. The normalized spacial score (nSPS) is 19.7. The predicted molar refractivity (Wildman–Crippen MR) is 208 cm³/mol. The second kappa shape index (κ2) is 18.9. The molecule has 2 unspecified atom stereocenters. The molecule has 1 aromatic heterocycles. The number of halogens is 1. The summed E-state index contributed by atoms with van der Waals surface area (Å²) in [6.07, 6.45) is -3.44. The van der Waals surface area contributed by atoms with Crippen LogP contribution in [-0.4, -0.2) is 47.5 Å². The molecule has 0 bridgehead atoms. The van der Waals surface area contributed by atoms with E-state index in [0.717, 1.165) is 33.5 Å². The molecule has 1 aliphatic heterocycles. The van der Waals surface area contributed by atoms with Gasteiger partial charge in [-0.05, 0) is 53.3 Å². The molecule has 9 heteroatoms. The van der Waals surface area contributed by atoms with Gasteiger partial charge in [-0.2, -0.15) is 0 Å². The Morgan fingerprint density at radius 3 is 1.67 bits per heavy atom. The Kier molecular flexibility index (Phi) is 13.1. The van der Waals surface area contributed by atoms with Gasteiger partial charge < -0.3 is 28.4 Å². The summed E-state index contributed by atoms with van der Waals surface area (Å²) in [5.41, 5.74) is 6.88. The van der Waals surface area contributed by atoms with Crippen molar-refractivity contribution >= 4 is 0 Å².